The highest BCUT2D eigenvalue weighted by Gasteiger charge is 2.24. The van der Waals surface area contributed by atoms with Gasteiger partial charge in [0.2, 0.25) is 0 Å². The first-order valence-electron chi connectivity index (χ1n) is 8.11. The molecule has 1 fully saturated rings. The van der Waals surface area contributed by atoms with Gasteiger partial charge in [-0.15, -0.1) is 5.10 Å². The van der Waals surface area contributed by atoms with E-state index in [2.05, 4.69) is 25.1 Å². The van der Waals surface area contributed by atoms with Crippen molar-refractivity contribution < 1.29 is 14.3 Å². The summed E-state index contributed by atoms with van der Waals surface area (Å²) >= 11 is 0.984. The molecule has 0 spiro atoms. The van der Waals surface area contributed by atoms with E-state index in [1.165, 1.54) is 7.05 Å². The van der Waals surface area contributed by atoms with Crippen LogP contribution < -0.4 is 20.3 Å². The molecule has 0 saturated carbocycles. The lowest BCUT2D eigenvalue weighted by atomic mass is 10.2. The maximum absolute atomic E-state index is 12.5. The Morgan fingerprint density at radius 3 is 2.46 bits per heavy atom. The largest absolute Gasteiger partial charge is 0.497 e. The minimum absolute atomic E-state index is 0.128. The highest BCUT2D eigenvalue weighted by Crippen LogP contribution is 2.22. The first kappa shape index (κ1) is 17.9. The zero-order valence-electron chi connectivity index (χ0n) is 14.6. The number of urea groups is 1. The number of methoxy groups -OCH3 is 1. The highest BCUT2D eigenvalue weighted by molar-refractivity contribution is 7.10. The van der Waals surface area contributed by atoms with E-state index in [0.29, 0.717) is 18.1 Å². The fourth-order valence-corrected chi connectivity index (χ4v) is 3.23. The molecular formula is C16H20N6O3S. The Hall–Kier alpha value is -2.88. The van der Waals surface area contributed by atoms with Crippen molar-refractivity contribution in [1.29, 1.82) is 0 Å². The Morgan fingerprint density at radius 1 is 1.15 bits per heavy atom. The number of carbonyl (C=O) groups is 2. The lowest BCUT2D eigenvalue weighted by molar-refractivity contribution is 0.0959. The molecule has 9 nitrogen and oxygen atoms in total. The topological polar surface area (TPSA) is 99.7 Å². The molecule has 2 heterocycles. The summed E-state index contributed by atoms with van der Waals surface area (Å²) in [6.45, 7) is 2.62. The molecule has 1 saturated heterocycles. The van der Waals surface area contributed by atoms with Gasteiger partial charge < -0.3 is 19.9 Å². The smallest absolute Gasteiger partial charge is 0.322 e. The Bertz CT molecular complexity index is 771. The number of amides is 3. The highest BCUT2D eigenvalue weighted by atomic mass is 32.1. The molecule has 10 heteroatoms. The first-order valence-corrected chi connectivity index (χ1v) is 8.89. The molecule has 1 aromatic heterocycles. The number of nitrogens with zero attached hydrogens (tertiary/aromatic N) is 4. The Balaban J connectivity index is 1.57. The number of benzene rings is 1. The van der Waals surface area contributed by atoms with Crippen LogP contribution in [0.4, 0.5) is 15.5 Å². The summed E-state index contributed by atoms with van der Waals surface area (Å²) in [4.78, 5) is 28.1. The van der Waals surface area contributed by atoms with Gasteiger partial charge in [0, 0.05) is 50.4 Å². The zero-order chi connectivity index (χ0) is 18.5. The normalized spacial score (nSPS) is 14.1. The SMILES string of the molecule is CNC(=O)c1nnsc1NC(=O)N1CCN(c2ccc(OC)cc2)CC1. The number of aromatic nitrogens is 2. The summed E-state index contributed by atoms with van der Waals surface area (Å²) in [6.07, 6.45) is 0. The number of hydrogen-bond acceptors (Lipinski definition) is 7. The maximum Gasteiger partial charge on any atom is 0.322 e. The average molecular weight is 376 g/mol. The van der Waals surface area contributed by atoms with Crippen LogP contribution in [-0.4, -0.2) is 66.8 Å². The van der Waals surface area contributed by atoms with Crippen molar-refractivity contribution in [3.8, 4) is 5.75 Å². The monoisotopic (exact) mass is 376 g/mol. The molecule has 2 aromatic rings. The number of rotatable bonds is 4. The molecule has 2 N–H and O–H groups in total. The van der Waals surface area contributed by atoms with Gasteiger partial charge in [-0.3, -0.25) is 10.1 Å². The van der Waals surface area contributed by atoms with Gasteiger partial charge in [0.25, 0.3) is 5.91 Å². The fraction of sp³-hybridized carbons (Fsp3) is 0.375. The maximum atomic E-state index is 12.5. The second-order valence-corrected chi connectivity index (χ2v) is 6.39. The molecule has 0 radical (unpaired) electrons. The lowest BCUT2D eigenvalue weighted by Crippen LogP contribution is -2.50. The van der Waals surface area contributed by atoms with Crippen molar-refractivity contribution in [2.75, 3.05) is 50.6 Å². The average Bonchev–Trinajstić information content (AvgIpc) is 3.15. The second-order valence-electron chi connectivity index (χ2n) is 5.63. The molecular weight excluding hydrogens is 356 g/mol. The van der Waals surface area contributed by atoms with E-state index in [-0.39, 0.29) is 17.6 Å². The molecule has 1 aromatic carbocycles. The van der Waals surface area contributed by atoms with Crippen LogP contribution in [0.2, 0.25) is 0 Å². The van der Waals surface area contributed by atoms with Crippen LogP contribution in [0.3, 0.4) is 0 Å². The van der Waals surface area contributed by atoms with Crippen LogP contribution >= 0.6 is 11.5 Å². The summed E-state index contributed by atoms with van der Waals surface area (Å²) in [5, 5.41) is 9.32. The lowest BCUT2D eigenvalue weighted by Gasteiger charge is -2.36. The van der Waals surface area contributed by atoms with Gasteiger partial charge in [-0.2, -0.15) is 0 Å². The van der Waals surface area contributed by atoms with Crippen LogP contribution in [0.25, 0.3) is 0 Å². The summed E-state index contributed by atoms with van der Waals surface area (Å²) in [5.74, 6) is 0.440. The van der Waals surface area contributed by atoms with Gasteiger partial charge in [-0.05, 0) is 24.3 Å². The molecule has 138 valence electrons. The molecule has 0 aliphatic carbocycles. The van der Waals surface area contributed by atoms with E-state index >= 15 is 0 Å². The molecule has 1 aliphatic rings. The Kier molecular flexibility index (Phi) is 5.52. The summed E-state index contributed by atoms with van der Waals surface area (Å²) < 4.78 is 8.91. The summed E-state index contributed by atoms with van der Waals surface area (Å²) in [5.41, 5.74) is 1.22. The van der Waals surface area contributed by atoms with Crippen LogP contribution in [0.15, 0.2) is 24.3 Å². The molecule has 0 atom stereocenters. The van der Waals surface area contributed by atoms with E-state index in [1.54, 1.807) is 12.0 Å². The van der Waals surface area contributed by atoms with Gasteiger partial charge in [0.1, 0.15) is 5.75 Å². The van der Waals surface area contributed by atoms with Gasteiger partial charge in [-0.1, -0.05) is 4.49 Å². The van der Waals surface area contributed by atoms with Crippen molar-refractivity contribution in [3.05, 3.63) is 30.0 Å². The van der Waals surface area contributed by atoms with Crippen LogP contribution in [0, 0.1) is 0 Å². The summed E-state index contributed by atoms with van der Waals surface area (Å²) in [6, 6.07) is 7.60. The quantitative estimate of drug-likeness (QED) is 0.833. The molecule has 3 amide bonds. The van der Waals surface area contributed by atoms with E-state index < -0.39 is 0 Å². The minimum atomic E-state index is -0.377. The molecule has 0 unspecified atom stereocenters. The van der Waals surface area contributed by atoms with Gasteiger partial charge in [0.05, 0.1) is 7.11 Å². The van der Waals surface area contributed by atoms with E-state index in [4.69, 9.17) is 4.74 Å². The molecule has 26 heavy (non-hydrogen) atoms. The van der Waals surface area contributed by atoms with Gasteiger partial charge in [-0.25, -0.2) is 4.79 Å². The number of piperazine rings is 1. The minimum Gasteiger partial charge on any atom is -0.497 e. The molecule has 3 rings (SSSR count). The molecule has 1 aliphatic heterocycles. The zero-order valence-corrected chi connectivity index (χ0v) is 15.4. The fourth-order valence-electron chi connectivity index (χ4n) is 2.68. The number of carbonyl (C=O) groups excluding carboxylic acids is 2. The predicted octanol–water partition coefficient (Wildman–Crippen LogP) is 1.26. The third-order valence-electron chi connectivity index (χ3n) is 4.16. The Labute approximate surface area is 155 Å². The van der Waals surface area contributed by atoms with Crippen molar-refractivity contribution in [3.63, 3.8) is 0 Å². The number of hydrogen-bond donors (Lipinski definition) is 2. The van der Waals surface area contributed by atoms with Crippen LogP contribution in [0.5, 0.6) is 5.75 Å². The van der Waals surface area contributed by atoms with Gasteiger partial charge in [0.15, 0.2) is 10.7 Å². The number of anilines is 2. The number of nitrogens with one attached hydrogen (secondary N) is 2. The van der Waals surface area contributed by atoms with E-state index in [0.717, 1.165) is 36.1 Å². The Morgan fingerprint density at radius 2 is 1.85 bits per heavy atom. The first-order chi connectivity index (χ1) is 12.6. The van der Waals surface area contributed by atoms with Crippen molar-refractivity contribution in [1.82, 2.24) is 19.8 Å². The standard InChI is InChI=1S/C16H20N6O3S/c1-17-14(23)13-15(26-20-19-13)18-16(24)22-9-7-21(8-10-22)11-3-5-12(25-2)6-4-11/h3-6H,7-10H2,1-2H3,(H,17,23)(H,18,24). The molecule has 0 bridgehead atoms. The van der Waals surface area contributed by atoms with Crippen LogP contribution in [-0.2, 0) is 0 Å². The van der Waals surface area contributed by atoms with E-state index in [1.807, 2.05) is 24.3 Å². The van der Waals surface area contributed by atoms with Crippen molar-refractivity contribution in [2.45, 2.75) is 0 Å². The predicted molar refractivity (Wildman–Crippen MR) is 99.1 cm³/mol. The van der Waals surface area contributed by atoms with Gasteiger partial charge >= 0.3 is 6.03 Å². The van der Waals surface area contributed by atoms with E-state index in [9.17, 15) is 9.59 Å². The number of ether oxygens (including phenoxy) is 1. The van der Waals surface area contributed by atoms with Crippen molar-refractivity contribution >= 4 is 34.2 Å². The van der Waals surface area contributed by atoms with Crippen LogP contribution in [0.1, 0.15) is 10.5 Å². The third kappa shape index (κ3) is 3.85. The third-order valence-corrected chi connectivity index (χ3v) is 4.80. The second kappa shape index (κ2) is 8.00. The van der Waals surface area contributed by atoms with Crippen molar-refractivity contribution in [2.24, 2.45) is 0 Å². The summed E-state index contributed by atoms with van der Waals surface area (Å²) in [7, 11) is 3.15.